The van der Waals surface area contributed by atoms with Crippen molar-refractivity contribution in [3.05, 3.63) is 33.8 Å². The number of nitrogens with zero attached hydrogens (tertiary/aromatic N) is 1. The molecule has 1 fully saturated rings. The molecule has 0 aliphatic carbocycles. The lowest BCUT2D eigenvalue weighted by Crippen LogP contribution is -2.29. The van der Waals surface area contributed by atoms with Gasteiger partial charge in [0.15, 0.2) is 0 Å². The molecule has 18 heavy (non-hydrogen) atoms. The van der Waals surface area contributed by atoms with Gasteiger partial charge in [0.05, 0.1) is 12.2 Å². The highest BCUT2D eigenvalue weighted by Gasteiger charge is 2.19. The lowest BCUT2D eigenvalue weighted by Gasteiger charge is -2.16. The summed E-state index contributed by atoms with van der Waals surface area (Å²) in [4.78, 5) is 0. The summed E-state index contributed by atoms with van der Waals surface area (Å²) in [6, 6.07) is 6.94. The van der Waals surface area contributed by atoms with Gasteiger partial charge in [-0.1, -0.05) is 29.3 Å². The number of nitrogens with one attached hydrogen (secondary N) is 1. The monoisotopic (exact) mass is 284 g/mol. The first-order valence-corrected chi connectivity index (χ1v) is 6.66. The molecule has 1 heterocycles. The van der Waals surface area contributed by atoms with E-state index >= 15 is 0 Å². The number of halogens is 2. The molecule has 2 unspecified atom stereocenters. The Labute approximate surface area is 117 Å². The predicted molar refractivity (Wildman–Crippen MR) is 71.8 cm³/mol. The first kappa shape index (κ1) is 13.6. The molecule has 1 N–H and O–H groups in total. The fourth-order valence-corrected chi connectivity index (χ4v) is 2.53. The van der Waals surface area contributed by atoms with E-state index < -0.39 is 6.04 Å². The van der Waals surface area contributed by atoms with Crippen LogP contribution in [0.15, 0.2) is 18.2 Å². The first-order chi connectivity index (χ1) is 8.70. The maximum absolute atomic E-state index is 9.20. The molecule has 96 valence electrons. The highest BCUT2D eigenvalue weighted by Crippen LogP contribution is 2.26. The second-order valence-corrected chi connectivity index (χ2v) is 5.11. The predicted octanol–water partition coefficient (Wildman–Crippen LogP) is 3.33. The first-order valence-electron chi connectivity index (χ1n) is 5.90. The van der Waals surface area contributed by atoms with E-state index in [1.807, 2.05) is 0 Å². The molecule has 2 atom stereocenters. The van der Waals surface area contributed by atoms with E-state index in [1.165, 1.54) is 0 Å². The summed E-state index contributed by atoms with van der Waals surface area (Å²) in [5.41, 5.74) is 0.751. The molecule has 0 bridgehead atoms. The van der Waals surface area contributed by atoms with Gasteiger partial charge in [0.1, 0.15) is 6.04 Å². The van der Waals surface area contributed by atoms with E-state index in [0.29, 0.717) is 16.6 Å². The molecule has 0 saturated carbocycles. The summed E-state index contributed by atoms with van der Waals surface area (Å²) in [6.45, 7) is 1.47. The molecular weight excluding hydrogens is 271 g/mol. The molecule has 2 rings (SSSR count). The van der Waals surface area contributed by atoms with Crippen LogP contribution in [0.5, 0.6) is 0 Å². The third kappa shape index (κ3) is 3.37. The zero-order chi connectivity index (χ0) is 13.0. The third-order valence-electron chi connectivity index (χ3n) is 2.98. The number of nitriles is 1. The molecular formula is C13H14Cl2N2O. The summed E-state index contributed by atoms with van der Waals surface area (Å²) in [6.07, 6.45) is 2.33. The zero-order valence-corrected chi connectivity index (χ0v) is 11.3. The fourth-order valence-electron chi connectivity index (χ4n) is 2.02. The maximum atomic E-state index is 9.20. The third-order valence-corrected chi connectivity index (χ3v) is 3.54. The van der Waals surface area contributed by atoms with Gasteiger partial charge in [0.2, 0.25) is 0 Å². The minimum absolute atomic E-state index is 0.201. The Morgan fingerprint density at radius 1 is 1.50 bits per heavy atom. The van der Waals surface area contributed by atoms with Crippen LogP contribution >= 0.6 is 23.2 Å². The molecule has 0 aromatic heterocycles. The highest BCUT2D eigenvalue weighted by molar-refractivity contribution is 6.35. The van der Waals surface area contributed by atoms with Crippen molar-refractivity contribution in [2.45, 2.75) is 25.0 Å². The van der Waals surface area contributed by atoms with Crippen molar-refractivity contribution < 1.29 is 4.74 Å². The van der Waals surface area contributed by atoms with Crippen LogP contribution in [0.25, 0.3) is 0 Å². The molecule has 0 spiro atoms. The van der Waals surface area contributed by atoms with Crippen LogP contribution in [0.2, 0.25) is 10.0 Å². The Balaban J connectivity index is 2.01. The Kier molecular flexibility index (Phi) is 4.85. The van der Waals surface area contributed by atoms with E-state index in [9.17, 15) is 5.26 Å². The van der Waals surface area contributed by atoms with Crippen LogP contribution in [-0.4, -0.2) is 19.3 Å². The summed E-state index contributed by atoms with van der Waals surface area (Å²) in [5.74, 6) is 0. The minimum atomic E-state index is -0.432. The average molecular weight is 285 g/mol. The number of hydrogen-bond donors (Lipinski definition) is 1. The summed E-state index contributed by atoms with van der Waals surface area (Å²) >= 11 is 11.9. The van der Waals surface area contributed by atoms with Crippen molar-refractivity contribution >= 4 is 23.2 Å². The highest BCUT2D eigenvalue weighted by atomic mass is 35.5. The van der Waals surface area contributed by atoms with Gasteiger partial charge in [-0.15, -0.1) is 0 Å². The van der Waals surface area contributed by atoms with Gasteiger partial charge < -0.3 is 4.74 Å². The molecule has 0 radical (unpaired) electrons. The molecule has 1 saturated heterocycles. The van der Waals surface area contributed by atoms with Crippen molar-refractivity contribution in [1.29, 1.82) is 5.26 Å². The summed E-state index contributed by atoms with van der Waals surface area (Å²) in [7, 11) is 0. The molecule has 0 amide bonds. The SMILES string of the molecule is N#CC(NCC1CCCO1)c1ccc(Cl)cc1Cl. The zero-order valence-electron chi connectivity index (χ0n) is 9.83. The van der Waals surface area contributed by atoms with Gasteiger partial charge in [0.25, 0.3) is 0 Å². The van der Waals surface area contributed by atoms with Crippen molar-refractivity contribution in [3.8, 4) is 6.07 Å². The topological polar surface area (TPSA) is 45.0 Å². The van der Waals surface area contributed by atoms with Crippen LogP contribution in [0.3, 0.4) is 0 Å². The average Bonchev–Trinajstić information content (AvgIpc) is 2.85. The van der Waals surface area contributed by atoms with Gasteiger partial charge in [-0.3, -0.25) is 5.32 Å². The minimum Gasteiger partial charge on any atom is -0.377 e. The van der Waals surface area contributed by atoms with Gasteiger partial charge >= 0.3 is 0 Å². The second-order valence-electron chi connectivity index (χ2n) is 4.27. The van der Waals surface area contributed by atoms with E-state index in [4.69, 9.17) is 27.9 Å². The second kappa shape index (κ2) is 6.40. The van der Waals surface area contributed by atoms with Crippen LogP contribution in [-0.2, 0) is 4.74 Å². The van der Waals surface area contributed by atoms with Crippen LogP contribution < -0.4 is 5.32 Å². The van der Waals surface area contributed by atoms with E-state index in [0.717, 1.165) is 25.0 Å². The Morgan fingerprint density at radius 2 is 2.33 bits per heavy atom. The largest absolute Gasteiger partial charge is 0.377 e. The molecule has 5 heteroatoms. The Bertz CT molecular complexity index is 453. The Hall–Kier alpha value is -0.790. The van der Waals surface area contributed by atoms with E-state index in [-0.39, 0.29) is 6.10 Å². The van der Waals surface area contributed by atoms with Gasteiger partial charge in [-0.25, -0.2) is 0 Å². The number of benzene rings is 1. The molecule has 1 aromatic carbocycles. The number of rotatable bonds is 4. The summed E-state index contributed by atoms with van der Waals surface area (Å²) in [5, 5.41) is 13.5. The lowest BCUT2D eigenvalue weighted by atomic mass is 10.1. The molecule has 1 aliphatic rings. The van der Waals surface area contributed by atoms with Crippen LogP contribution in [0.4, 0.5) is 0 Å². The molecule has 1 aromatic rings. The van der Waals surface area contributed by atoms with E-state index in [2.05, 4.69) is 11.4 Å². The number of hydrogen-bond acceptors (Lipinski definition) is 3. The molecule has 1 aliphatic heterocycles. The maximum Gasteiger partial charge on any atom is 0.122 e. The van der Waals surface area contributed by atoms with Gasteiger partial charge in [0, 0.05) is 28.8 Å². The van der Waals surface area contributed by atoms with Crippen molar-refractivity contribution in [2.75, 3.05) is 13.2 Å². The quantitative estimate of drug-likeness (QED) is 0.923. The standard InChI is InChI=1S/C13H14Cl2N2O/c14-9-3-4-11(12(15)6-9)13(7-16)17-8-10-2-1-5-18-10/h3-4,6,10,13,17H,1-2,5,8H2. The fraction of sp³-hybridized carbons (Fsp3) is 0.462. The molecule has 3 nitrogen and oxygen atoms in total. The van der Waals surface area contributed by atoms with Gasteiger partial charge in [-0.2, -0.15) is 5.26 Å². The van der Waals surface area contributed by atoms with Gasteiger partial charge in [-0.05, 0) is 25.0 Å². The normalized spacial score (nSPS) is 20.6. The van der Waals surface area contributed by atoms with Crippen molar-refractivity contribution in [1.82, 2.24) is 5.32 Å². The van der Waals surface area contributed by atoms with Crippen LogP contribution in [0.1, 0.15) is 24.4 Å². The van der Waals surface area contributed by atoms with Crippen molar-refractivity contribution in [3.63, 3.8) is 0 Å². The van der Waals surface area contributed by atoms with E-state index in [1.54, 1.807) is 18.2 Å². The lowest BCUT2D eigenvalue weighted by molar-refractivity contribution is 0.109. The Morgan fingerprint density at radius 3 is 2.94 bits per heavy atom. The number of ether oxygens (including phenoxy) is 1. The van der Waals surface area contributed by atoms with Crippen molar-refractivity contribution in [2.24, 2.45) is 0 Å². The smallest absolute Gasteiger partial charge is 0.122 e. The van der Waals surface area contributed by atoms with Crippen LogP contribution in [0, 0.1) is 11.3 Å². The summed E-state index contributed by atoms with van der Waals surface area (Å²) < 4.78 is 5.51.